The molecule has 0 aliphatic heterocycles. The van der Waals surface area contributed by atoms with Crippen LogP contribution in [0.3, 0.4) is 0 Å². The van der Waals surface area contributed by atoms with Crippen LogP contribution in [0.1, 0.15) is 33.6 Å². The second-order valence-corrected chi connectivity index (χ2v) is 7.89. The third kappa shape index (κ3) is 5.11. The van der Waals surface area contributed by atoms with Crippen molar-refractivity contribution >= 4 is 9.84 Å². The van der Waals surface area contributed by atoms with Gasteiger partial charge in [-0.25, -0.2) is 8.42 Å². The molecule has 0 bridgehead atoms. The number of hydrogen-bond acceptors (Lipinski definition) is 3. The molecule has 0 saturated heterocycles. The second kappa shape index (κ2) is 6.71. The molecule has 18 heavy (non-hydrogen) atoms. The molecule has 0 saturated carbocycles. The van der Waals surface area contributed by atoms with Crippen molar-refractivity contribution in [2.45, 2.75) is 33.6 Å². The molecule has 2 atom stereocenters. The van der Waals surface area contributed by atoms with Crippen molar-refractivity contribution in [2.24, 2.45) is 11.8 Å². The van der Waals surface area contributed by atoms with Crippen molar-refractivity contribution in [3.05, 3.63) is 11.6 Å². The van der Waals surface area contributed by atoms with Crippen molar-refractivity contribution in [1.29, 1.82) is 0 Å². The molecule has 0 aromatic heterocycles. The van der Waals surface area contributed by atoms with Crippen molar-refractivity contribution in [1.82, 2.24) is 4.90 Å². The fraction of sp³-hybridized carbons (Fsp3) is 0.857. The molecule has 0 radical (unpaired) electrons. The molecule has 0 N–H and O–H groups in total. The smallest absolute Gasteiger partial charge is 0.148 e. The average molecular weight is 273 g/mol. The summed E-state index contributed by atoms with van der Waals surface area (Å²) in [6.07, 6.45) is 6.11. The maximum Gasteiger partial charge on any atom is 0.148 e. The van der Waals surface area contributed by atoms with E-state index in [-0.39, 0.29) is 5.75 Å². The summed E-state index contributed by atoms with van der Waals surface area (Å²) in [4.78, 5) is 2.27. The highest BCUT2D eigenvalue weighted by Crippen LogP contribution is 2.30. The Balaban J connectivity index is 2.56. The van der Waals surface area contributed by atoms with Gasteiger partial charge in [-0.05, 0) is 38.1 Å². The molecule has 106 valence electrons. The monoisotopic (exact) mass is 273 g/mol. The number of sulfone groups is 1. The lowest BCUT2D eigenvalue weighted by atomic mass is 9.80. The van der Waals surface area contributed by atoms with E-state index in [2.05, 4.69) is 31.7 Å². The molecule has 0 amide bonds. The largest absolute Gasteiger partial charge is 0.302 e. The van der Waals surface area contributed by atoms with Gasteiger partial charge in [0.2, 0.25) is 0 Å². The minimum atomic E-state index is -2.85. The molecule has 0 unspecified atom stereocenters. The van der Waals surface area contributed by atoms with Crippen LogP contribution in [-0.4, -0.2) is 45.0 Å². The van der Waals surface area contributed by atoms with Gasteiger partial charge in [0.1, 0.15) is 9.84 Å². The van der Waals surface area contributed by atoms with Gasteiger partial charge in [0.25, 0.3) is 0 Å². The Labute approximate surface area is 112 Å². The fourth-order valence-corrected chi connectivity index (χ4v) is 3.24. The van der Waals surface area contributed by atoms with Crippen LogP contribution in [0.15, 0.2) is 11.6 Å². The number of nitrogens with zero attached hydrogens (tertiary/aromatic N) is 1. The molecule has 0 fully saturated rings. The van der Waals surface area contributed by atoms with Crippen molar-refractivity contribution in [3.8, 4) is 0 Å². The Hall–Kier alpha value is -0.350. The van der Waals surface area contributed by atoms with E-state index in [4.69, 9.17) is 0 Å². The van der Waals surface area contributed by atoms with E-state index in [0.29, 0.717) is 18.4 Å². The van der Waals surface area contributed by atoms with Crippen LogP contribution >= 0.6 is 0 Å². The Morgan fingerprint density at radius 3 is 2.61 bits per heavy atom. The van der Waals surface area contributed by atoms with Crippen LogP contribution in [-0.2, 0) is 9.84 Å². The topological polar surface area (TPSA) is 37.4 Å². The van der Waals surface area contributed by atoms with E-state index in [1.165, 1.54) is 24.7 Å². The lowest BCUT2D eigenvalue weighted by Gasteiger charge is -2.33. The summed E-state index contributed by atoms with van der Waals surface area (Å²) in [6, 6.07) is 0. The zero-order valence-electron chi connectivity index (χ0n) is 12.1. The normalized spacial score (nSPS) is 25.3. The van der Waals surface area contributed by atoms with Gasteiger partial charge in [0, 0.05) is 19.3 Å². The van der Waals surface area contributed by atoms with Gasteiger partial charge in [-0.2, -0.15) is 0 Å². The van der Waals surface area contributed by atoms with Crippen molar-refractivity contribution < 1.29 is 8.42 Å². The first-order valence-electron chi connectivity index (χ1n) is 6.90. The highest BCUT2D eigenvalue weighted by atomic mass is 32.2. The summed E-state index contributed by atoms with van der Waals surface area (Å²) in [7, 11) is -2.85. The molecular weight excluding hydrogens is 246 g/mol. The SMILES string of the molecule is CCN(CCS(C)(=O)=O)C[C@@H]1C(C)=CCC[C@@H]1C. The molecule has 1 aliphatic rings. The molecule has 1 aliphatic carbocycles. The molecule has 0 aromatic rings. The number of rotatable bonds is 6. The van der Waals surface area contributed by atoms with Gasteiger partial charge >= 0.3 is 0 Å². The molecule has 1 rings (SSSR count). The first-order chi connectivity index (χ1) is 8.33. The van der Waals surface area contributed by atoms with Gasteiger partial charge < -0.3 is 4.90 Å². The van der Waals surface area contributed by atoms with Crippen LogP contribution in [0.2, 0.25) is 0 Å². The zero-order chi connectivity index (χ0) is 13.8. The first kappa shape index (κ1) is 15.7. The Bertz CT molecular complexity index is 387. The third-order valence-corrected chi connectivity index (χ3v) is 4.96. The van der Waals surface area contributed by atoms with E-state index in [1.54, 1.807) is 0 Å². The van der Waals surface area contributed by atoms with Gasteiger partial charge in [-0.1, -0.05) is 25.5 Å². The van der Waals surface area contributed by atoms with E-state index in [0.717, 1.165) is 13.1 Å². The van der Waals surface area contributed by atoms with Crippen LogP contribution in [0.5, 0.6) is 0 Å². The predicted molar refractivity (Wildman–Crippen MR) is 77.5 cm³/mol. The van der Waals surface area contributed by atoms with Gasteiger partial charge in [-0.15, -0.1) is 0 Å². The summed E-state index contributed by atoms with van der Waals surface area (Å²) in [5.74, 6) is 1.57. The van der Waals surface area contributed by atoms with Crippen LogP contribution in [0.4, 0.5) is 0 Å². The highest BCUT2D eigenvalue weighted by Gasteiger charge is 2.24. The van der Waals surface area contributed by atoms with E-state index in [9.17, 15) is 8.42 Å². The maximum absolute atomic E-state index is 11.2. The third-order valence-electron chi connectivity index (χ3n) is 4.04. The number of hydrogen-bond donors (Lipinski definition) is 0. The highest BCUT2D eigenvalue weighted by molar-refractivity contribution is 7.90. The van der Waals surface area contributed by atoms with Crippen molar-refractivity contribution in [2.75, 3.05) is 31.6 Å². The second-order valence-electron chi connectivity index (χ2n) is 5.63. The molecule has 0 aromatic carbocycles. The summed E-state index contributed by atoms with van der Waals surface area (Å²) in [5, 5.41) is 0. The fourth-order valence-electron chi connectivity index (χ4n) is 2.65. The van der Waals surface area contributed by atoms with Crippen LogP contribution < -0.4 is 0 Å². The lowest BCUT2D eigenvalue weighted by Crippen LogP contribution is -2.36. The Morgan fingerprint density at radius 2 is 2.11 bits per heavy atom. The summed E-state index contributed by atoms with van der Waals surface area (Å²) in [5.41, 5.74) is 1.48. The van der Waals surface area contributed by atoms with E-state index in [1.807, 2.05) is 0 Å². The van der Waals surface area contributed by atoms with E-state index >= 15 is 0 Å². The van der Waals surface area contributed by atoms with Gasteiger partial charge in [-0.3, -0.25) is 0 Å². The predicted octanol–water partition coefficient (Wildman–Crippen LogP) is 2.35. The molecule has 3 nitrogen and oxygen atoms in total. The van der Waals surface area contributed by atoms with E-state index < -0.39 is 9.84 Å². The number of allylic oxidation sites excluding steroid dienone is 1. The quantitative estimate of drug-likeness (QED) is 0.697. The van der Waals surface area contributed by atoms with Gasteiger partial charge in [0.05, 0.1) is 5.75 Å². The Kier molecular flexibility index (Phi) is 5.86. The average Bonchev–Trinajstić information content (AvgIpc) is 2.26. The molecular formula is C14H27NO2S. The minimum Gasteiger partial charge on any atom is -0.302 e. The molecule has 4 heteroatoms. The minimum absolute atomic E-state index is 0.269. The van der Waals surface area contributed by atoms with Crippen LogP contribution in [0, 0.1) is 11.8 Å². The summed E-state index contributed by atoms with van der Waals surface area (Å²) < 4.78 is 22.5. The maximum atomic E-state index is 11.2. The van der Waals surface area contributed by atoms with Gasteiger partial charge in [0.15, 0.2) is 0 Å². The lowest BCUT2D eigenvalue weighted by molar-refractivity contribution is 0.222. The molecule has 0 heterocycles. The summed E-state index contributed by atoms with van der Waals surface area (Å²) >= 11 is 0. The standard InChI is InChI=1S/C14H27NO2S/c1-5-15(9-10-18(4,16)17)11-14-12(2)7-6-8-13(14)3/h7,13-14H,5-6,8-11H2,1-4H3/t13-,14+/m0/s1. The zero-order valence-corrected chi connectivity index (χ0v) is 13.0. The first-order valence-corrected chi connectivity index (χ1v) is 8.96. The summed E-state index contributed by atoms with van der Waals surface area (Å²) in [6.45, 7) is 9.21. The van der Waals surface area contributed by atoms with Crippen molar-refractivity contribution in [3.63, 3.8) is 0 Å². The van der Waals surface area contributed by atoms with Crippen LogP contribution in [0.25, 0.3) is 0 Å². The molecule has 0 spiro atoms. The Morgan fingerprint density at radius 1 is 1.44 bits per heavy atom.